The molecule has 19 heavy (non-hydrogen) atoms. The van der Waals surface area contributed by atoms with Gasteiger partial charge in [0.25, 0.3) is 10.0 Å². The minimum Gasteiger partial charge on any atom is -0.247 e. The fraction of sp³-hybridized carbons (Fsp3) is 0.200. The normalized spacial score (nSPS) is 11.3. The number of halogens is 1. The van der Waals surface area contributed by atoms with Crippen LogP contribution < -0.4 is 4.72 Å². The van der Waals surface area contributed by atoms with Gasteiger partial charge in [-0.15, -0.1) is 0 Å². The van der Waals surface area contributed by atoms with Crippen molar-refractivity contribution in [2.45, 2.75) is 18.7 Å². The number of anilines is 1. The van der Waals surface area contributed by atoms with Crippen LogP contribution in [0.15, 0.2) is 23.2 Å². The van der Waals surface area contributed by atoms with Crippen LogP contribution in [0.4, 0.5) is 5.95 Å². The van der Waals surface area contributed by atoms with Crippen LogP contribution in [-0.2, 0) is 10.0 Å². The summed E-state index contributed by atoms with van der Waals surface area (Å²) in [6.07, 6.45) is 1.16. The molecule has 0 saturated heterocycles. The summed E-state index contributed by atoms with van der Waals surface area (Å²) in [6, 6.07) is 2.73. The number of hydrogen-bond acceptors (Lipinski definition) is 6. The van der Waals surface area contributed by atoms with E-state index < -0.39 is 10.0 Å². The molecule has 0 aliphatic heterocycles. The Bertz CT molecular complexity index is 682. The molecule has 0 saturated carbocycles. The highest BCUT2D eigenvalue weighted by Gasteiger charge is 2.16. The molecule has 2 rings (SSSR count). The molecule has 1 N–H and O–H groups in total. The molecule has 0 amide bonds. The van der Waals surface area contributed by atoms with E-state index in [-0.39, 0.29) is 16.0 Å². The standard InChI is InChI=1S/C10H10ClN5O2S/c1-6-13-7(2)15-10(14-6)16-19(17,18)8-3-4-9(11)12-5-8/h3-5H,1-2H3,(H,13,14,15,16). The second kappa shape index (κ2) is 5.06. The van der Waals surface area contributed by atoms with Crippen LogP contribution in [0.1, 0.15) is 11.6 Å². The van der Waals surface area contributed by atoms with Crippen molar-refractivity contribution in [1.82, 2.24) is 19.9 Å². The molecular formula is C10H10ClN5O2S. The lowest BCUT2D eigenvalue weighted by atomic mass is 10.5. The average molecular weight is 300 g/mol. The van der Waals surface area contributed by atoms with E-state index in [2.05, 4.69) is 24.7 Å². The second-order valence-corrected chi connectivity index (χ2v) is 5.75. The summed E-state index contributed by atoms with van der Waals surface area (Å²) in [7, 11) is -3.79. The Hall–Kier alpha value is -1.80. The molecule has 0 aliphatic rings. The zero-order chi connectivity index (χ0) is 14.0. The van der Waals surface area contributed by atoms with Crippen molar-refractivity contribution >= 4 is 27.6 Å². The molecule has 0 atom stereocenters. The molecule has 2 aromatic rings. The van der Waals surface area contributed by atoms with Gasteiger partial charge < -0.3 is 0 Å². The molecule has 2 aromatic heterocycles. The SMILES string of the molecule is Cc1nc(C)nc(NS(=O)(=O)c2ccc(Cl)nc2)n1. The van der Waals surface area contributed by atoms with Crippen LogP contribution in [0, 0.1) is 13.8 Å². The van der Waals surface area contributed by atoms with Crippen molar-refractivity contribution in [2.75, 3.05) is 4.72 Å². The smallest absolute Gasteiger partial charge is 0.247 e. The maximum Gasteiger partial charge on any atom is 0.265 e. The number of pyridine rings is 1. The molecular weight excluding hydrogens is 290 g/mol. The zero-order valence-corrected chi connectivity index (χ0v) is 11.7. The average Bonchev–Trinajstić information content (AvgIpc) is 2.27. The summed E-state index contributed by atoms with van der Waals surface area (Å²) >= 11 is 5.60. The van der Waals surface area contributed by atoms with E-state index >= 15 is 0 Å². The monoisotopic (exact) mass is 299 g/mol. The van der Waals surface area contributed by atoms with Gasteiger partial charge in [-0.3, -0.25) is 0 Å². The van der Waals surface area contributed by atoms with Gasteiger partial charge in [-0.25, -0.2) is 23.1 Å². The second-order valence-electron chi connectivity index (χ2n) is 3.68. The molecule has 0 bridgehead atoms. The van der Waals surface area contributed by atoms with E-state index in [1.807, 2.05) is 0 Å². The first kappa shape index (κ1) is 13.6. The van der Waals surface area contributed by atoms with Gasteiger partial charge in [0.2, 0.25) is 5.95 Å². The molecule has 0 spiro atoms. The lowest BCUT2D eigenvalue weighted by molar-refractivity contribution is 0.600. The fourth-order valence-electron chi connectivity index (χ4n) is 1.36. The van der Waals surface area contributed by atoms with Crippen molar-refractivity contribution in [2.24, 2.45) is 0 Å². The summed E-state index contributed by atoms with van der Waals surface area (Å²) < 4.78 is 26.3. The van der Waals surface area contributed by atoms with E-state index in [1.54, 1.807) is 13.8 Å². The summed E-state index contributed by atoms with van der Waals surface area (Å²) in [5.41, 5.74) is 0. The van der Waals surface area contributed by atoms with Crippen LogP contribution in [0.25, 0.3) is 0 Å². The van der Waals surface area contributed by atoms with Crippen molar-refractivity contribution in [1.29, 1.82) is 0 Å². The molecule has 0 fully saturated rings. The number of nitrogens with zero attached hydrogens (tertiary/aromatic N) is 4. The van der Waals surface area contributed by atoms with Crippen molar-refractivity contribution in [3.05, 3.63) is 35.1 Å². The number of sulfonamides is 1. The van der Waals surface area contributed by atoms with Gasteiger partial charge in [0.1, 0.15) is 21.7 Å². The lowest BCUT2D eigenvalue weighted by Gasteiger charge is -2.07. The minimum atomic E-state index is -3.79. The maximum atomic E-state index is 12.0. The van der Waals surface area contributed by atoms with Crippen LogP contribution in [0.3, 0.4) is 0 Å². The third-order valence-electron chi connectivity index (χ3n) is 2.10. The number of aromatic nitrogens is 4. The van der Waals surface area contributed by atoms with Crippen LogP contribution in [0.5, 0.6) is 0 Å². The molecule has 100 valence electrons. The van der Waals surface area contributed by atoms with Gasteiger partial charge in [-0.1, -0.05) is 11.6 Å². The summed E-state index contributed by atoms with van der Waals surface area (Å²) in [4.78, 5) is 15.5. The van der Waals surface area contributed by atoms with E-state index in [1.165, 1.54) is 12.1 Å². The Balaban J connectivity index is 2.33. The Morgan fingerprint density at radius 3 is 2.26 bits per heavy atom. The Labute approximate surface area is 115 Å². The van der Waals surface area contributed by atoms with Gasteiger partial charge >= 0.3 is 0 Å². The first-order valence-electron chi connectivity index (χ1n) is 5.20. The predicted molar refractivity (Wildman–Crippen MR) is 69.4 cm³/mol. The summed E-state index contributed by atoms with van der Waals surface area (Å²) in [5, 5.41) is 0.214. The molecule has 0 radical (unpaired) electrons. The zero-order valence-electron chi connectivity index (χ0n) is 10.1. The van der Waals surface area contributed by atoms with Gasteiger partial charge in [-0.2, -0.15) is 9.97 Å². The van der Waals surface area contributed by atoms with Crippen molar-refractivity contribution < 1.29 is 8.42 Å². The third kappa shape index (κ3) is 3.36. The molecule has 2 heterocycles. The first-order valence-corrected chi connectivity index (χ1v) is 7.06. The maximum absolute atomic E-state index is 12.0. The van der Waals surface area contributed by atoms with Gasteiger partial charge in [0.05, 0.1) is 0 Å². The van der Waals surface area contributed by atoms with Gasteiger partial charge in [0, 0.05) is 6.20 Å². The quantitative estimate of drug-likeness (QED) is 0.859. The van der Waals surface area contributed by atoms with Crippen molar-refractivity contribution in [3.63, 3.8) is 0 Å². The highest BCUT2D eigenvalue weighted by Crippen LogP contribution is 2.14. The molecule has 7 nitrogen and oxygen atoms in total. The lowest BCUT2D eigenvalue weighted by Crippen LogP contribution is -2.16. The largest absolute Gasteiger partial charge is 0.265 e. The highest BCUT2D eigenvalue weighted by molar-refractivity contribution is 7.92. The Morgan fingerprint density at radius 2 is 1.74 bits per heavy atom. The van der Waals surface area contributed by atoms with E-state index in [0.29, 0.717) is 11.6 Å². The Kier molecular flexibility index (Phi) is 3.63. The first-order chi connectivity index (χ1) is 8.87. The number of aryl methyl sites for hydroxylation is 2. The van der Waals surface area contributed by atoms with Crippen LogP contribution in [-0.4, -0.2) is 28.4 Å². The summed E-state index contributed by atoms with van der Waals surface area (Å²) in [5.74, 6) is 0.832. The number of nitrogens with one attached hydrogen (secondary N) is 1. The van der Waals surface area contributed by atoms with Crippen molar-refractivity contribution in [3.8, 4) is 0 Å². The topological polar surface area (TPSA) is 97.7 Å². The third-order valence-corrected chi connectivity index (χ3v) is 3.63. The van der Waals surface area contributed by atoms with Gasteiger partial charge in [0.15, 0.2) is 0 Å². The van der Waals surface area contributed by atoms with E-state index in [0.717, 1.165) is 6.20 Å². The van der Waals surface area contributed by atoms with Crippen LogP contribution in [0.2, 0.25) is 5.15 Å². The molecule has 9 heteroatoms. The Morgan fingerprint density at radius 1 is 1.11 bits per heavy atom. The van der Waals surface area contributed by atoms with Crippen LogP contribution >= 0.6 is 11.6 Å². The number of hydrogen-bond donors (Lipinski definition) is 1. The minimum absolute atomic E-state index is 0.0207. The molecule has 0 unspecified atom stereocenters. The van der Waals surface area contributed by atoms with E-state index in [4.69, 9.17) is 11.6 Å². The molecule has 0 aromatic carbocycles. The fourth-order valence-corrected chi connectivity index (χ4v) is 2.36. The van der Waals surface area contributed by atoms with Gasteiger partial charge in [-0.05, 0) is 26.0 Å². The number of rotatable bonds is 3. The molecule has 0 aliphatic carbocycles. The summed E-state index contributed by atoms with van der Waals surface area (Å²) in [6.45, 7) is 3.30. The van der Waals surface area contributed by atoms with E-state index in [9.17, 15) is 8.42 Å². The predicted octanol–water partition coefficient (Wildman–Crippen LogP) is 1.34. The highest BCUT2D eigenvalue weighted by atomic mass is 35.5.